The molecule has 0 heterocycles. The lowest BCUT2D eigenvalue weighted by Crippen LogP contribution is -1.87. The summed E-state index contributed by atoms with van der Waals surface area (Å²) >= 11 is 0. The molecule has 0 saturated heterocycles. The molecule has 1 aromatic carbocycles. The van der Waals surface area contributed by atoms with Crippen LogP contribution < -0.4 is 0 Å². The highest BCUT2D eigenvalue weighted by Gasteiger charge is 2.04. The minimum atomic E-state index is -0.0118. The van der Waals surface area contributed by atoms with Crippen molar-refractivity contribution in [3.63, 3.8) is 0 Å². The molecule has 0 bridgehead atoms. The molecule has 0 spiro atoms. The average molecular weight is 316 g/mol. The standard InChI is InChI=1S/C21H32O2/c1-2-3-4-5-6-7-8-9-10-11-12-13-14-16-19-17-15-18-20(22)21(19)23/h2-3,5-6,15,17-18,22-23H,4,7-14,16H2,1H3/b3-2+,6-5-. The number of hydrogen-bond donors (Lipinski definition) is 2. The maximum atomic E-state index is 9.73. The van der Waals surface area contributed by atoms with Crippen LogP contribution in [0.15, 0.2) is 42.5 Å². The molecule has 1 aromatic rings. The highest BCUT2D eigenvalue weighted by atomic mass is 16.3. The molecule has 0 aliphatic rings. The highest BCUT2D eigenvalue weighted by Crippen LogP contribution is 2.29. The van der Waals surface area contributed by atoms with Crippen molar-refractivity contribution >= 4 is 0 Å². The summed E-state index contributed by atoms with van der Waals surface area (Å²) < 4.78 is 0. The summed E-state index contributed by atoms with van der Waals surface area (Å²) in [5.74, 6) is 0.0391. The molecule has 0 aliphatic heterocycles. The van der Waals surface area contributed by atoms with Gasteiger partial charge in [-0.3, -0.25) is 0 Å². The van der Waals surface area contributed by atoms with E-state index in [1.165, 1.54) is 51.0 Å². The van der Waals surface area contributed by atoms with Gasteiger partial charge in [-0.15, -0.1) is 0 Å². The Kier molecular flexibility index (Phi) is 10.8. The summed E-state index contributed by atoms with van der Waals surface area (Å²) in [5.41, 5.74) is 0.856. The van der Waals surface area contributed by atoms with E-state index in [1.807, 2.05) is 6.07 Å². The van der Waals surface area contributed by atoms with E-state index in [9.17, 15) is 10.2 Å². The average Bonchev–Trinajstić information content (AvgIpc) is 2.55. The van der Waals surface area contributed by atoms with Crippen molar-refractivity contribution in [3.8, 4) is 11.5 Å². The van der Waals surface area contributed by atoms with Crippen molar-refractivity contribution in [1.29, 1.82) is 0 Å². The molecule has 0 atom stereocenters. The van der Waals surface area contributed by atoms with Crippen LogP contribution in [-0.4, -0.2) is 10.2 Å². The molecular weight excluding hydrogens is 284 g/mol. The summed E-state index contributed by atoms with van der Waals surface area (Å²) in [7, 11) is 0. The predicted molar refractivity (Wildman–Crippen MR) is 99.0 cm³/mol. The molecule has 1 rings (SSSR count). The molecule has 0 unspecified atom stereocenters. The first-order valence-electron chi connectivity index (χ1n) is 9.01. The van der Waals surface area contributed by atoms with Crippen molar-refractivity contribution in [2.24, 2.45) is 0 Å². The van der Waals surface area contributed by atoms with Gasteiger partial charge >= 0.3 is 0 Å². The van der Waals surface area contributed by atoms with Crippen LogP contribution in [0.5, 0.6) is 11.5 Å². The van der Waals surface area contributed by atoms with E-state index in [1.54, 1.807) is 6.07 Å². The van der Waals surface area contributed by atoms with Crippen molar-refractivity contribution in [2.45, 2.75) is 71.1 Å². The Bertz CT molecular complexity index is 475. The Balaban J connectivity index is 1.94. The summed E-state index contributed by atoms with van der Waals surface area (Å²) in [5, 5.41) is 19.2. The minimum absolute atomic E-state index is 0.0118. The summed E-state index contributed by atoms with van der Waals surface area (Å²) in [6, 6.07) is 5.20. The first-order chi connectivity index (χ1) is 11.3. The lowest BCUT2D eigenvalue weighted by atomic mass is 10.0. The number of benzene rings is 1. The van der Waals surface area contributed by atoms with Crippen LogP contribution in [-0.2, 0) is 6.42 Å². The molecule has 0 aliphatic carbocycles. The van der Waals surface area contributed by atoms with E-state index < -0.39 is 0 Å². The highest BCUT2D eigenvalue weighted by molar-refractivity contribution is 5.44. The van der Waals surface area contributed by atoms with Crippen molar-refractivity contribution in [1.82, 2.24) is 0 Å². The van der Waals surface area contributed by atoms with Gasteiger partial charge in [0.05, 0.1) is 0 Å². The molecule has 0 saturated carbocycles. The summed E-state index contributed by atoms with van der Waals surface area (Å²) in [6.45, 7) is 2.06. The first kappa shape index (κ1) is 19.3. The monoisotopic (exact) mass is 316 g/mol. The van der Waals surface area contributed by atoms with Crippen LogP contribution in [0.4, 0.5) is 0 Å². The van der Waals surface area contributed by atoms with Gasteiger partial charge in [-0.2, -0.15) is 0 Å². The Labute approximate surface area is 141 Å². The molecule has 0 aromatic heterocycles. The Morgan fingerprint density at radius 1 is 0.826 bits per heavy atom. The van der Waals surface area contributed by atoms with Gasteiger partial charge in [-0.05, 0) is 50.7 Å². The van der Waals surface area contributed by atoms with Gasteiger partial charge in [0.15, 0.2) is 11.5 Å². The smallest absolute Gasteiger partial charge is 0.160 e. The Hall–Kier alpha value is -1.70. The van der Waals surface area contributed by atoms with Crippen LogP contribution in [0.1, 0.15) is 70.3 Å². The second kappa shape index (κ2) is 12.8. The van der Waals surface area contributed by atoms with Crippen LogP contribution in [0, 0.1) is 0 Å². The maximum Gasteiger partial charge on any atom is 0.160 e. The van der Waals surface area contributed by atoms with Gasteiger partial charge < -0.3 is 10.2 Å². The predicted octanol–water partition coefficient (Wildman–Crippen LogP) is 6.28. The number of unbranched alkanes of at least 4 members (excludes halogenated alkanes) is 7. The fourth-order valence-corrected chi connectivity index (χ4v) is 2.67. The number of phenolic OH excluding ortho intramolecular Hbond substituents is 2. The molecule has 2 nitrogen and oxygen atoms in total. The third-order valence-corrected chi connectivity index (χ3v) is 4.09. The Morgan fingerprint density at radius 2 is 1.52 bits per heavy atom. The quantitative estimate of drug-likeness (QED) is 0.270. The fraction of sp³-hybridized carbons (Fsp3) is 0.524. The zero-order valence-corrected chi connectivity index (χ0v) is 14.5. The molecule has 128 valence electrons. The van der Waals surface area contributed by atoms with Crippen molar-refractivity contribution < 1.29 is 10.2 Å². The zero-order valence-electron chi connectivity index (χ0n) is 14.5. The fourth-order valence-electron chi connectivity index (χ4n) is 2.67. The number of phenols is 2. The largest absolute Gasteiger partial charge is 0.504 e. The van der Waals surface area contributed by atoms with Gasteiger partial charge in [0.25, 0.3) is 0 Å². The SMILES string of the molecule is C/C=C/C/C=C\CCCCCCCCCc1cccc(O)c1O. The van der Waals surface area contributed by atoms with Crippen LogP contribution in [0.25, 0.3) is 0 Å². The third kappa shape index (κ3) is 9.12. The van der Waals surface area contributed by atoms with E-state index in [4.69, 9.17) is 0 Å². The van der Waals surface area contributed by atoms with Gasteiger partial charge in [0.1, 0.15) is 0 Å². The van der Waals surface area contributed by atoms with E-state index in [-0.39, 0.29) is 11.5 Å². The number of aromatic hydroxyl groups is 2. The van der Waals surface area contributed by atoms with Gasteiger partial charge in [0, 0.05) is 0 Å². The molecule has 0 radical (unpaired) electrons. The van der Waals surface area contributed by atoms with Gasteiger partial charge in [-0.1, -0.05) is 68.5 Å². The number of rotatable bonds is 12. The van der Waals surface area contributed by atoms with Crippen LogP contribution in [0.2, 0.25) is 0 Å². The zero-order chi connectivity index (χ0) is 16.8. The van der Waals surface area contributed by atoms with E-state index >= 15 is 0 Å². The molecule has 23 heavy (non-hydrogen) atoms. The van der Waals surface area contributed by atoms with Crippen molar-refractivity contribution in [2.75, 3.05) is 0 Å². The van der Waals surface area contributed by atoms with E-state index in [2.05, 4.69) is 31.2 Å². The summed E-state index contributed by atoms with van der Waals surface area (Å²) in [4.78, 5) is 0. The van der Waals surface area contributed by atoms with Crippen LogP contribution >= 0.6 is 0 Å². The first-order valence-corrected chi connectivity index (χ1v) is 9.01. The van der Waals surface area contributed by atoms with Crippen LogP contribution in [0.3, 0.4) is 0 Å². The molecule has 2 N–H and O–H groups in total. The number of aryl methyl sites for hydroxylation is 1. The Morgan fingerprint density at radius 3 is 2.26 bits per heavy atom. The van der Waals surface area contributed by atoms with E-state index in [0.717, 1.165) is 24.8 Å². The summed E-state index contributed by atoms with van der Waals surface area (Å²) in [6.07, 6.45) is 20.7. The van der Waals surface area contributed by atoms with Gasteiger partial charge in [0.2, 0.25) is 0 Å². The number of para-hydroxylation sites is 1. The minimum Gasteiger partial charge on any atom is -0.504 e. The maximum absolute atomic E-state index is 9.73. The second-order valence-electron chi connectivity index (χ2n) is 6.07. The molecule has 0 fully saturated rings. The number of allylic oxidation sites excluding steroid dienone is 4. The van der Waals surface area contributed by atoms with Gasteiger partial charge in [-0.25, -0.2) is 0 Å². The van der Waals surface area contributed by atoms with E-state index in [0.29, 0.717) is 0 Å². The third-order valence-electron chi connectivity index (χ3n) is 4.09. The lowest BCUT2D eigenvalue weighted by molar-refractivity contribution is 0.398. The molecule has 0 amide bonds. The molecular formula is C21H32O2. The lowest BCUT2D eigenvalue weighted by Gasteiger charge is -2.06. The molecule has 2 heteroatoms. The number of hydrogen-bond acceptors (Lipinski definition) is 2. The normalized spacial score (nSPS) is 11.7. The van der Waals surface area contributed by atoms with Crippen molar-refractivity contribution in [3.05, 3.63) is 48.1 Å². The topological polar surface area (TPSA) is 40.5 Å². The second-order valence-corrected chi connectivity index (χ2v) is 6.07.